The summed E-state index contributed by atoms with van der Waals surface area (Å²) in [6.45, 7) is 1.68. The number of fused-ring (bicyclic) bond motifs is 2. The predicted octanol–water partition coefficient (Wildman–Crippen LogP) is 3.29. The lowest BCUT2D eigenvalue weighted by Crippen LogP contribution is -2.33. The Kier molecular flexibility index (Phi) is 5.21. The van der Waals surface area contributed by atoms with Gasteiger partial charge in [0.05, 0.1) is 33.2 Å². The van der Waals surface area contributed by atoms with Gasteiger partial charge in [0.25, 0.3) is 11.5 Å². The first-order chi connectivity index (χ1) is 16.4. The number of rotatable bonds is 4. The highest BCUT2D eigenvalue weighted by Crippen LogP contribution is 2.26. The van der Waals surface area contributed by atoms with Crippen LogP contribution in [0.25, 0.3) is 22.1 Å². The molecule has 0 bridgehead atoms. The van der Waals surface area contributed by atoms with Crippen LogP contribution in [-0.2, 0) is 0 Å². The van der Waals surface area contributed by atoms with Crippen LogP contribution in [0.4, 0.5) is 10.2 Å². The van der Waals surface area contributed by atoms with Crippen LogP contribution in [0.15, 0.2) is 65.8 Å². The van der Waals surface area contributed by atoms with Crippen LogP contribution >= 0.6 is 11.6 Å². The second-order valence-corrected chi connectivity index (χ2v) is 7.95. The molecule has 5 aromatic rings. The molecule has 3 N–H and O–H groups in total. The Morgan fingerprint density at radius 2 is 1.94 bits per heavy atom. The van der Waals surface area contributed by atoms with Crippen molar-refractivity contribution in [1.29, 1.82) is 0 Å². The molecule has 11 heteroatoms. The van der Waals surface area contributed by atoms with Crippen LogP contribution in [0, 0.1) is 5.82 Å². The minimum atomic E-state index is -0.746. The molecule has 5 rings (SSSR count). The number of anilines is 1. The van der Waals surface area contributed by atoms with Gasteiger partial charge in [-0.05, 0) is 37.3 Å². The molecule has 0 unspecified atom stereocenters. The van der Waals surface area contributed by atoms with Gasteiger partial charge in [0, 0.05) is 6.20 Å². The zero-order chi connectivity index (χ0) is 24.0. The van der Waals surface area contributed by atoms with E-state index in [-0.39, 0.29) is 33.1 Å². The summed E-state index contributed by atoms with van der Waals surface area (Å²) >= 11 is 6.12. The quantitative estimate of drug-likeness (QED) is 0.410. The van der Waals surface area contributed by atoms with E-state index >= 15 is 0 Å². The van der Waals surface area contributed by atoms with Crippen LogP contribution in [0.5, 0.6) is 0 Å². The number of aromatic nitrogens is 5. The highest BCUT2D eigenvalue weighted by molar-refractivity contribution is 6.35. The zero-order valence-electron chi connectivity index (χ0n) is 17.7. The Morgan fingerprint density at radius 3 is 2.71 bits per heavy atom. The van der Waals surface area contributed by atoms with E-state index in [2.05, 4.69) is 20.4 Å². The van der Waals surface area contributed by atoms with Crippen molar-refractivity contribution in [2.45, 2.75) is 13.0 Å². The number of para-hydroxylation sites is 1. The Hall–Kier alpha value is -4.31. The highest BCUT2D eigenvalue weighted by Gasteiger charge is 2.24. The van der Waals surface area contributed by atoms with Crippen molar-refractivity contribution in [3.05, 3.63) is 93.6 Å². The molecule has 34 heavy (non-hydrogen) atoms. The molecule has 3 aromatic heterocycles. The third-order valence-electron chi connectivity index (χ3n) is 5.40. The topological polar surface area (TPSA) is 120 Å². The van der Waals surface area contributed by atoms with Crippen molar-refractivity contribution >= 4 is 39.7 Å². The van der Waals surface area contributed by atoms with Crippen LogP contribution in [0.3, 0.4) is 0 Å². The fraction of sp³-hybridized carbons (Fsp3) is 0.0870. The van der Waals surface area contributed by atoms with E-state index in [4.69, 9.17) is 17.3 Å². The first-order valence-corrected chi connectivity index (χ1v) is 10.6. The van der Waals surface area contributed by atoms with Crippen molar-refractivity contribution in [3.63, 3.8) is 0 Å². The molecule has 0 radical (unpaired) electrons. The minimum absolute atomic E-state index is 0.0341. The van der Waals surface area contributed by atoms with Gasteiger partial charge >= 0.3 is 0 Å². The molecule has 0 spiro atoms. The van der Waals surface area contributed by atoms with Crippen molar-refractivity contribution in [2.75, 3.05) is 5.73 Å². The van der Waals surface area contributed by atoms with E-state index in [1.165, 1.54) is 27.7 Å². The number of carbonyl (C=O) groups is 1. The average Bonchev–Trinajstić information content (AvgIpc) is 3.17. The normalized spacial score (nSPS) is 12.2. The molecule has 0 aliphatic carbocycles. The maximum absolute atomic E-state index is 14.1. The summed E-state index contributed by atoms with van der Waals surface area (Å²) in [5, 5.41) is 6.58. The minimum Gasteiger partial charge on any atom is -0.382 e. The molecule has 0 aliphatic heterocycles. The number of nitrogens with zero attached hydrogens (tertiary/aromatic N) is 5. The molecular weight excluding hydrogens is 461 g/mol. The van der Waals surface area contributed by atoms with Gasteiger partial charge < -0.3 is 11.1 Å². The SMILES string of the molecule is C[C@H](NC(=O)c1c(N)nn2cnccc12)c1nc2ccc(F)c(Cl)c2c(=O)n1-c1ccccc1. The van der Waals surface area contributed by atoms with E-state index in [0.29, 0.717) is 11.2 Å². The first kappa shape index (κ1) is 21.5. The smallest absolute Gasteiger partial charge is 0.267 e. The molecule has 0 fully saturated rings. The van der Waals surface area contributed by atoms with Crippen LogP contribution in [0.2, 0.25) is 5.02 Å². The van der Waals surface area contributed by atoms with E-state index < -0.39 is 23.3 Å². The second kappa shape index (κ2) is 8.23. The molecule has 0 aliphatic rings. The summed E-state index contributed by atoms with van der Waals surface area (Å²) in [6, 6.07) is 12.1. The molecule has 9 nitrogen and oxygen atoms in total. The summed E-state index contributed by atoms with van der Waals surface area (Å²) < 4.78 is 16.8. The summed E-state index contributed by atoms with van der Waals surface area (Å²) in [5.74, 6) is -0.958. The van der Waals surface area contributed by atoms with Gasteiger partial charge in [-0.1, -0.05) is 29.8 Å². The molecule has 170 valence electrons. The molecule has 3 heterocycles. The van der Waals surface area contributed by atoms with E-state index in [9.17, 15) is 14.0 Å². The Bertz CT molecular complexity index is 1630. The first-order valence-electron chi connectivity index (χ1n) is 10.2. The largest absolute Gasteiger partial charge is 0.382 e. The van der Waals surface area contributed by atoms with Gasteiger partial charge in [0.15, 0.2) is 5.82 Å². The van der Waals surface area contributed by atoms with Crippen molar-refractivity contribution in [1.82, 2.24) is 29.5 Å². The number of halogens is 2. The molecule has 0 saturated carbocycles. The maximum Gasteiger partial charge on any atom is 0.267 e. The number of nitrogens with one attached hydrogen (secondary N) is 1. The van der Waals surface area contributed by atoms with E-state index in [1.54, 1.807) is 43.3 Å². The number of nitrogen functional groups attached to an aromatic ring is 1. The van der Waals surface area contributed by atoms with Crippen molar-refractivity contribution in [3.8, 4) is 5.69 Å². The van der Waals surface area contributed by atoms with Crippen LogP contribution in [-0.4, -0.2) is 30.1 Å². The highest BCUT2D eigenvalue weighted by atomic mass is 35.5. The van der Waals surface area contributed by atoms with Gasteiger partial charge in [-0.15, -0.1) is 5.10 Å². The van der Waals surface area contributed by atoms with E-state index in [0.717, 1.165) is 6.07 Å². The summed E-state index contributed by atoms with van der Waals surface area (Å²) in [7, 11) is 0. The molecular formula is C23H17ClFN7O2. The molecule has 2 aromatic carbocycles. The number of hydrogen-bond acceptors (Lipinski definition) is 6. The van der Waals surface area contributed by atoms with Gasteiger partial charge in [-0.2, -0.15) is 0 Å². The Labute approximate surface area is 196 Å². The third-order valence-corrected chi connectivity index (χ3v) is 5.77. The summed E-state index contributed by atoms with van der Waals surface area (Å²) in [5.41, 5.74) is 6.77. The fourth-order valence-corrected chi connectivity index (χ4v) is 4.08. The fourth-order valence-electron chi connectivity index (χ4n) is 3.84. The summed E-state index contributed by atoms with van der Waals surface area (Å²) in [6.07, 6.45) is 2.96. The van der Waals surface area contributed by atoms with Gasteiger partial charge in [0.2, 0.25) is 0 Å². The number of carbonyl (C=O) groups excluding carboxylic acids is 1. The number of hydrogen-bond donors (Lipinski definition) is 2. The molecule has 0 saturated heterocycles. The lowest BCUT2D eigenvalue weighted by Gasteiger charge is -2.20. The van der Waals surface area contributed by atoms with Crippen molar-refractivity contribution < 1.29 is 9.18 Å². The zero-order valence-corrected chi connectivity index (χ0v) is 18.5. The van der Waals surface area contributed by atoms with Crippen LogP contribution in [0.1, 0.15) is 29.1 Å². The lowest BCUT2D eigenvalue weighted by atomic mass is 10.1. The van der Waals surface area contributed by atoms with Gasteiger partial charge in [-0.25, -0.2) is 18.9 Å². The van der Waals surface area contributed by atoms with E-state index in [1.807, 2.05) is 0 Å². The number of amides is 1. The van der Waals surface area contributed by atoms with Gasteiger partial charge in [-0.3, -0.25) is 14.2 Å². The predicted molar refractivity (Wildman–Crippen MR) is 126 cm³/mol. The second-order valence-electron chi connectivity index (χ2n) is 7.57. The van der Waals surface area contributed by atoms with Gasteiger partial charge in [0.1, 0.15) is 23.5 Å². The summed E-state index contributed by atoms with van der Waals surface area (Å²) in [4.78, 5) is 35.2. The maximum atomic E-state index is 14.1. The third kappa shape index (κ3) is 3.44. The average molecular weight is 478 g/mol. The van der Waals surface area contributed by atoms with Crippen LogP contribution < -0.4 is 16.6 Å². The van der Waals surface area contributed by atoms with Crippen molar-refractivity contribution in [2.24, 2.45) is 0 Å². The molecule has 1 atom stereocenters. The lowest BCUT2D eigenvalue weighted by molar-refractivity contribution is 0.0940. The Balaban J connectivity index is 1.65. The number of nitrogens with two attached hydrogens (primary N) is 1. The monoisotopic (exact) mass is 477 g/mol. The standard InChI is InChI=1S/C23H17ClFN7O2/c1-12(28-22(33)18-16-9-10-27-11-31(16)30-20(18)26)21-29-15-8-7-14(25)19(24)17(15)23(34)32(21)13-5-3-2-4-6-13/h2-12H,1H3,(H2,26,30)(H,28,33)/t12-/m0/s1. The Morgan fingerprint density at radius 1 is 1.18 bits per heavy atom. The number of benzene rings is 2. The molecule has 1 amide bonds.